The minimum Gasteiger partial charge on any atom is -0.407 e. The number of hydrogen-bond acceptors (Lipinski definition) is 5. The Morgan fingerprint density at radius 1 is 1.31 bits per heavy atom. The van der Waals surface area contributed by atoms with E-state index in [1.165, 1.54) is 10.6 Å². The van der Waals surface area contributed by atoms with Gasteiger partial charge in [0.15, 0.2) is 0 Å². The van der Waals surface area contributed by atoms with Gasteiger partial charge < -0.3 is 15.8 Å². The second-order valence-corrected chi connectivity index (χ2v) is 6.30. The second-order valence-electron chi connectivity index (χ2n) is 6.30. The molecule has 0 bridgehead atoms. The number of amidine groups is 1. The van der Waals surface area contributed by atoms with Crippen molar-refractivity contribution in [2.24, 2.45) is 12.8 Å². The Bertz CT molecular complexity index is 981. The predicted octanol–water partition coefficient (Wildman–Crippen LogP) is 2.30. The third-order valence-electron chi connectivity index (χ3n) is 4.47. The minimum absolute atomic E-state index is 0.181. The normalized spacial score (nSPS) is 12.6. The standard InChI is InChI=1S/C18H20FN5O2/c1-9-6-7-13(12(19)8-9)23-16-14(15(20)26-18(21)22)10-4-3-5-11(10)17(25)24(16)2/h6-8,20,23H,3-5H2,1-2H3,(H3,21,22). The molecule has 26 heavy (non-hydrogen) atoms. The third-order valence-corrected chi connectivity index (χ3v) is 4.47. The summed E-state index contributed by atoms with van der Waals surface area (Å²) < 4.78 is 20.6. The summed E-state index contributed by atoms with van der Waals surface area (Å²) in [5, 5.41) is 18.4. The molecule has 1 aromatic carbocycles. The number of nitrogens with two attached hydrogens (primary N) is 1. The average Bonchev–Trinajstić information content (AvgIpc) is 3.03. The average molecular weight is 357 g/mol. The van der Waals surface area contributed by atoms with Crippen LogP contribution in [0.1, 0.15) is 28.7 Å². The number of ether oxygens (including phenoxy) is 1. The Hall–Kier alpha value is -3.16. The number of rotatable bonds is 3. The van der Waals surface area contributed by atoms with E-state index in [0.717, 1.165) is 12.0 Å². The maximum absolute atomic E-state index is 14.3. The van der Waals surface area contributed by atoms with Gasteiger partial charge in [0.25, 0.3) is 11.6 Å². The Labute approximate surface area is 149 Å². The number of aryl methyl sites for hydroxylation is 1. The Morgan fingerprint density at radius 3 is 2.65 bits per heavy atom. The van der Waals surface area contributed by atoms with Crippen molar-refractivity contribution in [1.29, 1.82) is 10.8 Å². The highest BCUT2D eigenvalue weighted by atomic mass is 19.1. The smallest absolute Gasteiger partial charge is 0.285 e. The lowest BCUT2D eigenvalue weighted by molar-refractivity contribution is 0.526. The van der Waals surface area contributed by atoms with E-state index in [-0.39, 0.29) is 23.0 Å². The van der Waals surface area contributed by atoms with Crippen LogP contribution >= 0.6 is 0 Å². The molecule has 0 radical (unpaired) electrons. The molecule has 0 amide bonds. The van der Waals surface area contributed by atoms with E-state index in [2.05, 4.69) is 5.32 Å². The highest BCUT2D eigenvalue weighted by Gasteiger charge is 2.27. The van der Waals surface area contributed by atoms with E-state index in [1.54, 1.807) is 26.1 Å². The zero-order chi connectivity index (χ0) is 19.0. The van der Waals surface area contributed by atoms with Gasteiger partial charge in [0, 0.05) is 12.6 Å². The van der Waals surface area contributed by atoms with Crippen molar-refractivity contribution in [3.05, 3.63) is 56.6 Å². The number of nitrogens with zero attached hydrogens (tertiary/aromatic N) is 1. The summed E-state index contributed by atoms with van der Waals surface area (Å²) >= 11 is 0. The molecule has 1 aliphatic carbocycles. The molecule has 0 saturated heterocycles. The second kappa shape index (κ2) is 6.62. The SMILES string of the molecule is Cc1ccc(Nc2c(C(=N)OC(=N)N)c3c(c(=O)n2C)CCC3)c(F)c1. The highest BCUT2D eigenvalue weighted by molar-refractivity contribution is 6.04. The van der Waals surface area contributed by atoms with Crippen LogP contribution < -0.4 is 16.6 Å². The summed E-state index contributed by atoms with van der Waals surface area (Å²) in [5.74, 6) is -0.575. The van der Waals surface area contributed by atoms with Crippen LogP contribution in [0.5, 0.6) is 0 Å². The van der Waals surface area contributed by atoms with E-state index >= 15 is 0 Å². The first-order valence-corrected chi connectivity index (χ1v) is 8.18. The lowest BCUT2D eigenvalue weighted by Gasteiger charge is -2.20. The lowest BCUT2D eigenvalue weighted by atomic mass is 10.0. The maximum atomic E-state index is 14.3. The minimum atomic E-state index is -0.622. The van der Waals surface area contributed by atoms with Crippen LogP contribution in [0.15, 0.2) is 23.0 Å². The predicted molar refractivity (Wildman–Crippen MR) is 98.0 cm³/mol. The molecule has 0 fully saturated rings. The molecule has 1 aliphatic rings. The fraction of sp³-hybridized carbons (Fsp3) is 0.278. The van der Waals surface area contributed by atoms with Gasteiger partial charge in [-0.05, 0) is 49.4 Å². The van der Waals surface area contributed by atoms with Crippen molar-refractivity contribution in [3.8, 4) is 0 Å². The number of anilines is 2. The molecule has 1 heterocycles. The van der Waals surface area contributed by atoms with Crippen LogP contribution in [-0.4, -0.2) is 16.5 Å². The fourth-order valence-electron chi connectivity index (χ4n) is 3.27. The number of fused-ring (bicyclic) bond motifs is 1. The van der Waals surface area contributed by atoms with Gasteiger partial charge in [-0.15, -0.1) is 0 Å². The first-order chi connectivity index (χ1) is 12.3. The zero-order valence-corrected chi connectivity index (χ0v) is 14.6. The first-order valence-electron chi connectivity index (χ1n) is 8.18. The molecular weight excluding hydrogens is 337 g/mol. The van der Waals surface area contributed by atoms with Crippen LogP contribution in [0.3, 0.4) is 0 Å². The number of pyridine rings is 1. The molecular formula is C18H20FN5O2. The monoisotopic (exact) mass is 357 g/mol. The Kier molecular flexibility index (Phi) is 4.50. The molecule has 5 N–H and O–H groups in total. The number of nitrogens with one attached hydrogen (secondary N) is 3. The Morgan fingerprint density at radius 2 is 2.00 bits per heavy atom. The molecule has 0 unspecified atom stereocenters. The molecule has 1 aromatic heterocycles. The first kappa shape index (κ1) is 17.7. The Balaban J connectivity index is 2.19. The van der Waals surface area contributed by atoms with Crippen molar-refractivity contribution in [2.75, 3.05) is 5.32 Å². The molecule has 2 aromatic rings. The molecule has 0 aliphatic heterocycles. The summed E-state index contributed by atoms with van der Waals surface area (Å²) in [6.07, 6.45) is 2.00. The van der Waals surface area contributed by atoms with Crippen LogP contribution in [0.4, 0.5) is 15.9 Å². The highest BCUT2D eigenvalue weighted by Crippen LogP contribution is 2.31. The van der Waals surface area contributed by atoms with Gasteiger partial charge in [0.2, 0.25) is 5.90 Å². The van der Waals surface area contributed by atoms with Crippen LogP contribution in [0.2, 0.25) is 0 Å². The molecule has 136 valence electrons. The van der Waals surface area contributed by atoms with E-state index in [0.29, 0.717) is 29.5 Å². The van der Waals surface area contributed by atoms with Crippen LogP contribution in [-0.2, 0) is 24.6 Å². The molecule has 8 heteroatoms. The summed E-state index contributed by atoms with van der Waals surface area (Å²) in [6, 6.07) is 4.07. The van der Waals surface area contributed by atoms with Gasteiger partial charge in [-0.3, -0.25) is 20.2 Å². The van der Waals surface area contributed by atoms with E-state index in [9.17, 15) is 9.18 Å². The summed E-state index contributed by atoms with van der Waals surface area (Å²) in [6.45, 7) is 1.78. The van der Waals surface area contributed by atoms with Gasteiger partial charge in [0.05, 0.1) is 11.3 Å². The third kappa shape index (κ3) is 3.05. The summed E-state index contributed by atoms with van der Waals surface area (Å²) in [5.41, 5.74) is 7.66. The van der Waals surface area contributed by atoms with Gasteiger partial charge in [0.1, 0.15) is 11.6 Å². The molecule has 0 atom stereocenters. The van der Waals surface area contributed by atoms with Crippen molar-refractivity contribution in [3.63, 3.8) is 0 Å². The van der Waals surface area contributed by atoms with Crippen molar-refractivity contribution >= 4 is 23.4 Å². The van der Waals surface area contributed by atoms with Gasteiger partial charge in [-0.25, -0.2) is 4.39 Å². The van der Waals surface area contributed by atoms with E-state index < -0.39 is 11.8 Å². The number of aromatic nitrogens is 1. The maximum Gasteiger partial charge on any atom is 0.285 e. The fourth-order valence-corrected chi connectivity index (χ4v) is 3.27. The van der Waals surface area contributed by atoms with Crippen LogP contribution in [0.25, 0.3) is 0 Å². The van der Waals surface area contributed by atoms with Crippen molar-refractivity contribution in [2.45, 2.75) is 26.2 Å². The molecule has 0 saturated carbocycles. The summed E-state index contributed by atoms with van der Waals surface area (Å²) in [4.78, 5) is 12.7. The van der Waals surface area contributed by atoms with Gasteiger partial charge in [-0.1, -0.05) is 6.07 Å². The molecule has 3 rings (SSSR count). The van der Waals surface area contributed by atoms with Crippen LogP contribution in [0, 0.1) is 23.6 Å². The van der Waals surface area contributed by atoms with Gasteiger partial charge in [-0.2, -0.15) is 0 Å². The van der Waals surface area contributed by atoms with Gasteiger partial charge >= 0.3 is 0 Å². The van der Waals surface area contributed by atoms with E-state index in [1.807, 2.05) is 0 Å². The molecule has 0 spiro atoms. The lowest BCUT2D eigenvalue weighted by Crippen LogP contribution is -2.29. The largest absolute Gasteiger partial charge is 0.407 e. The summed E-state index contributed by atoms with van der Waals surface area (Å²) in [7, 11) is 1.56. The number of hydrogen-bond donors (Lipinski definition) is 4. The quantitative estimate of drug-likeness (QED) is 0.498. The van der Waals surface area contributed by atoms with E-state index in [4.69, 9.17) is 21.3 Å². The molecule has 7 nitrogen and oxygen atoms in total. The number of halogens is 1. The number of benzene rings is 1. The van der Waals surface area contributed by atoms with Crippen molar-refractivity contribution in [1.82, 2.24) is 4.57 Å². The van der Waals surface area contributed by atoms with Crippen molar-refractivity contribution < 1.29 is 9.13 Å². The zero-order valence-electron chi connectivity index (χ0n) is 14.6. The topological polar surface area (TPSA) is 117 Å².